The largest absolute Gasteiger partial charge is 0.349 e. The van der Waals surface area contributed by atoms with Crippen molar-refractivity contribution in [1.29, 1.82) is 0 Å². The lowest BCUT2D eigenvalue weighted by Crippen LogP contribution is -2.27. The lowest BCUT2D eigenvalue weighted by atomic mass is 10.1. The summed E-state index contributed by atoms with van der Waals surface area (Å²) in [7, 11) is -1.42. The molecule has 0 aliphatic carbocycles. The van der Waals surface area contributed by atoms with Crippen molar-refractivity contribution in [2.75, 3.05) is 6.26 Å². The summed E-state index contributed by atoms with van der Waals surface area (Å²) in [6.45, 7) is 0.408. The second-order valence-electron chi connectivity index (χ2n) is 8.49. The molecule has 0 aliphatic heterocycles. The molecule has 0 spiro atoms. The highest BCUT2D eigenvalue weighted by Gasteiger charge is 2.17. The summed E-state index contributed by atoms with van der Waals surface area (Å²) in [6, 6.07) is 20.3. The van der Waals surface area contributed by atoms with Crippen molar-refractivity contribution >= 4 is 26.6 Å². The molecule has 10 heteroatoms. The molecule has 0 fully saturated rings. The molecular formula is C26H24N6O3S. The number of hydrogen-bond acceptors (Lipinski definition) is 6. The summed E-state index contributed by atoms with van der Waals surface area (Å²) in [6.07, 6.45) is 4.39. The van der Waals surface area contributed by atoms with Crippen LogP contribution in [-0.4, -0.2) is 44.9 Å². The molecule has 1 amide bonds. The topological polar surface area (TPSA) is 112 Å². The van der Waals surface area contributed by atoms with Gasteiger partial charge >= 0.3 is 0 Å². The summed E-state index contributed by atoms with van der Waals surface area (Å²) in [5, 5.41) is 8.12. The van der Waals surface area contributed by atoms with Gasteiger partial charge in [0.25, 0.3) is 0 Å². The van der Waals surface area contributed by atoms with E-state index in [1.807, 2.05) is 54.1 Å². The molecule has 3 aromatic heterocycles. The van der Waals surface area contributed by atoms with Gasteiger partial charge in [0.15, 0.2) is 15.7 Å². The van der Waals surface area contributed by atoms with Gasteiger partial charge in [0.2, 0.25) is 5.91 Å². The van der Waals surface area contributed by atoms with E-state index in [0.29, 0.717) is 11.5 Å². The van der Waals surface area contributed by atoms with Gasteiger partial charge < -0.3 is 9.88 Å². The van der Waals surface area contributed by atoms with Gasteiger partial charge in [0.1, 0.15) is 12.9 Å². The number of carbonyl (C=O) groups is 1. The Labute approximate surface area is 208 Å². The van der Waals surface area contributed by atoms with Gasteiger partial charge in [-0.25, -0.2) is 18.1 Å². The van der Waals surface area contributed by atoms with E-state index in [-0.39, 0.29) is 23.9 Å². The Balaban J connectivity index is 1.28. The van der Waals surface area contributed by atoms with Crippen LogP contribution in [0.1, 0.15) is 5.69 Å². The number of aryl methyl sites for hydroxylation is 1. The number of sulfone groups is 1. The molecule has 1 N–H and O–H groups in total. The van der Waals surface area contributed by atoms with Gasteiger partial charge in [-0.05, 0) is 35.9 Å². The summed E-state index contributed by atoms with van der Waals surface area (Å²) in [5.41, 5.74) is 4.19. The summed E-state index contributed by atoms with van der Waals surface area (Å²) in [5.74, 6) is 0.530. The molecule has 36 heavy (non-hydrogen) atoms. The Morgan fingerprint density at radius 2 is 1.72 bits per heavy atom. The third-order valence-corrected chi connectivity index (χ3v) is 7.09. The van der Waals surface area contributed by atoms with Crippen LogP contribution in [0.15, 0.2) is 84.1 Å². The first kappa shape index (κ1) is 23.4. The molecule has 0 saturated heterocycles. The van der Waals surface area contributed by atoms with Crippen LogP contribution in [0.2, 0.25) is 0 Å². The SMILES string of the molecule is Cn1ncnc1-c1cc2ccccc2n1CC(=O)NCc1ccc(-c2ccc(S(C)(=O)=O)cc2)cn1. The quantitative estimate of drug-likeness (QED) is 0.367. The Morgan fingerprint density at radius 1 is 0.972 bits per heavy atom. The van der Waals surface area contributed by atoms with Crippen LogP contribution in [0.5, 0.6) is 0 Å². The number of fused-ring (bicyclic) bond motifs is 1. The van der Waals surface area contributed by atoms with E-state index < -0.39 is 9.84 Å². The van der Waals surface area contributed by atoms with Crippen LogP contribution in [0, 0.1) is 0 Å². The maximum Gasteiger partial charge on any atom is 0.240 e. The summed E-state index contributed by atoms with van der Waals surface area (Å²) in [4.78, 5) is 22.0. The molecule has 0 atom stereocenters. The number of nitrogens with one attached hydrogen (secondary N) is 1. The number of benzene rings is 2. The predicted molar refractivity (Wildman–Crippen MR) is 137 cm³/mol. The zero-order chi connectivity index (χ0) is 25.3. The lowest BCUT2D eigenvalue weighted by molar-refractivity contribution is -0.121. The fourth-order valence-electron chi connectivity index (χ4n) is 4.08. The van der Waals surface area contributed by atoms with Crippen molar-refractivity contribution in [2.24, 2.45) is 7.05 Å². The first-order chi connectivity index (χ1) is 17.3. The smallest absolute Gasteiger partial charge is 0.240 e. The van der Waals surface area contributed by atoms with Crippen LogP contribution in [0.4, 0.5) is 0 Å². The fourth-order valence-corrected chi connectivity index (χ4v) is 4.71. The van der Waals surface area contributed by atoms with Crippen molar-refractivity contribution in [3.05, 3.63) is 84.9 Å². The molecular weight excluding hydrogens is 476 g/mol. The normalized spacial score (nSPS) is 11.6. The maximum absolute atomic E-state index is 12.9. The molecule has 5 aromatic rings. The van der Waals surface area contributed by atoms with Crippen molar-refractivity contribution in [3.63, 3.8) is 0 Å². The number of hydrogen-bond donors (Lipinski definition) is 1. The van der Waals surface area contributed by atoms with Crippen molar-refractivity contribution in [3.8, 4) is 22.6 Å². The van der Waals surface area contributed by atoms with Gasteiger partial charge in [-0.15, -0.1) is 0 Å². The Hall–Kier alpha value is -4.31. The molecule has 0 bridgehead atoms. The average molecular weight is 501 g/mol. The molecule has 3 heterocycles. The van der Waals surface area contributed by atoms with Crippen LogP contribution in [0.25, 0.3) is 33.5 Å². The maximum atomic E-state index is 12.9. The minimum Gasteiger partial charge on any atom is -0.349 e. The lowest BCUT2D eigenvalue weighted by Gasteiger charge is -2.11. The predicted octanol–water partition coefficient (Wildman–Crippen LogP) is 3.22. The Morgan fingerprint density at radius 3 is 2.39 bits per heavy atom. The van der Waals surface area contributed by atoms with E-state index in [0.717, 1.165) is 27.7 Å². The monoisotopic (exact) mass is 500 g/mol. The molecule has 0 radical (unpaired) electrons. The third-order valence-electron chi connectivity index (χ3n) is 5.96. The van der Waals surface area contributed by atoms with Crippen molar-refractivity contribution < 1.29 is 13.2 Å². The van der Waals surface area contributed by atoms with E-state index in [4.69, 9.17) is 0 Å². The average Bonchev–Trinajstić information content (AvgIpc) is 3.45. The second kappa shape index (κ2) is 9.38. The number of aromatic nitrogens is 5. The Kier molecular flexibility index (Phi) is 6.11. The second-order valence-corrected chi connectivity index (χ2v) is 10.5. The zero-order valence-electron chi connectivity index (χ0n) is 19.8. The van der Waals surface area contributed by atoms with E-state index >= 15 is 0 Å². The van der Waals surface area contributed by atoms with E-state index in [1.54, 1.807) is 35.1 Å². The first-order valence-corrected chi connectivity index (χ1v) is 13.1. The van der Waals surface area contributed by atoms with Crippen LogP contribution in [0.3, 0.4) is 0 Å². The molecule has 5 rings (SSSR count). The molecule has 0 aliphatic rings. The van der Waals surface area contributed by atoms with Gasteiger partial charge in [-0.1, -0.05) is 36.4 Å². The Bertz CT molecular complexity index is 1650. The number of nitrogens with zero attached hydrogens (tertiary/aromatic N) is 5. The molecule has 0 saturated carbocycles. The number of amides is 1. The van der Waals surface area contributed by atoms with Gasteiger partial charge in [-0.2, -0.15) is 5.10 Å². The highest BCUT2D eigenvalue weighted by atomic mass is 32.2. The van der Waals surface area contributed by atoms with Gasteiger partial charge in [0, 0.05) is 36.0 Å². The molecule has 0 unspecified atom stereocenters. The summed E-state index contributed by atoms with van der Waals surface area (Å²) < 4.78 is 26.9. The van der Waals surface area contributed by atoms with Crippen LogP contribution >= 0.6 is 0 Å². The number of carbonyl (C=O) groups excluding carboxylic acids is 1. The van der Waals surface area contributed by atoms with Gasteiger partial charge in [0.05, 0.1) is 22.8 Å². The molecule has 9 nitrogen and oxygen atoms in total. The van der Waals surface area contributed by atoms with Gasteiger partial charge in [-0.3, -0.25) is 9.78 Å². The number of para-hydroxylation sites is 1. The molecule has 182 valence electrons. The van der Waals surface area contributed by atoms with Crippen LogP contribution in [-0.2, 0) is 34.8 Å². The van der Waals surface area contributed by atoms with Crippen LogP contribution < -0.4 is 5.32 Å². The standard InChI is InChI=1S/C26H24N6O3S/c1-31-26(29-17-30-31)24-13-19-5-3-4-6-23(19)32(24)16-25(33)28-15-21-10-7-20(14-27-21)18-8-11-22(12-9-18)36(2,34)35/h3-14,17H,15-16H2,1-2H3,(H,28,33). The zero-order valence-corrected chi connectivity index (χ0v) is 20.6. The highest BCUT2D eigenvalue weighted by Crippen LogP contribution is 2.26. The van der Waals surface area contributed by atoms with Crippen molar-refractivity contribution in [1.82, 2.24) is 29.6 Å². The fraction of sp³-hybridized carbons (Fsp3) is 0.154. The number of pyridine rings is 1. The van der Waals surface area contributed by atoms with E-state index in [1.165, 1.54) is 12.6 Å². The first-order valence-electron chi connectivity index (χ1n) is 11.2. The third kappa shape index (κ3) is 4.76. The minimum absolute atomic E-state index is 0.125. The van der Waals surface area contributed by atoms with E-state index in [9.17, 15) is 13.2 Å². The van der Waals surface area contributed by atoms with E-state index in [2.05, 4.69) is 20.4 Å². The van der Waals surface area contributed by atoms with Crippen molar-refractivity contribution in [2.45, 2.75) is 18.0 Å². The molecule has 2 aromatic carbocycles. The number of rotatable bonds is 7. The minimum atomic E-state index is -3.24. The highest BCUT2D eigenvalue weighted by molar-refractivity contribution is 7.90. The summed E-state index contributed by atoms with van der Waals surface area (Å²) >= 11 is 0.